The topological polar surface area (TPSA) is 93.0 Å². The van der Waals surface area contributed by atoms with Crippen LogP contribution in [-0.2, 0) is 4.74 Å². The Morgan fingerprint density at radius 3 is 3.11 bits per heavy atom. The van der Waals surface area contributed by atoms with Crippen LogP contribution in [0, 0.1) is 0 Å². The van der Waals surface area contributed by atoms with Crippen LogP contribution in [0.2, 0.25) is 0 Å². The van der Waals surface area contributed by atoms with Crippen LogP contribution in [0.4, 0.5) is 10.6 Å². The zero-order valence-corrected chi connectivity index (χ0v) is 11.5. The molecule has 0 saturated heterocycles. The second kappa shape index (κ2) is 5.95. The first-order valence-corrected chi connectivity index (χ1v) is 6.86. The van der Waals surface area contributed by atoms with Crippen molar-refractivity contribution >= 4 is 11.9 Å². The lowest BCUT2D eigenvalue weighted by Gasteiger charge is -2.16. The van der Waals surface area contributed by atoms with Gasteiger partial charge in [-0.3, -0.25) is 5.10 Å². The number of carbonyl (C=O) groups is 1. The minimum atomic E-state index is -0.316. The molecule has 0 aromatic carbocycles. The third kappa shape index (κ3) is 3.62. The maximum atomic E-state index is 11.6. The Hall–Kier alpha value is -1.72. The molecule has 1 aliphatic rings. The van der Waals surface area contributed by atoms with Crippen LogP contribution in [0.15, 0.2) is 6.07 Å². The van der Waals surface area contributed by atoms with Crippen LogP contribution < -0.4 is 11.1 Å². The number of alkyl carbamates (subject to hydrolysis) is 1. The Bertz CT molecular complexity index is 432. The van der Waals surface area contributed by atoms with Gasteiger partial charge in [-0.2, -0.15) is 5.10 Å². The summed E-state index contributed by atoms with van der Waals surface area (Å²) in [6.07, 6.45) is 3.27. The maximum absolute atomic E-state index is 11.6. The van der Waals surface area contributed by atoms with E-state index in [2.05, 4.69) is 15.5 Å². The number of amides is 1. The van der Waals surface area contributed by atoms with Crippen molar-refractivity contribution in [2.24, 2.45) is 0 Å². The molecule has 0 bridgehead atoms. The molecule has 19 heavy (non-hydrogen) atoms. The highest BCUT2D eigenvalue weighted by Gasteiger charge is 2.29. The normalized spacial score (nSPS) is 24.1. The highest BCUT2D eigenvalue weighted by atomic mass is 16.6. The number of H-pyrrole nitrogens is 1. The Morgan fingerprint density at radius 2 is 2.47 bits per heavy atom. The van der Waals surface area contributed by atoms with Gasteiger partial charge in [0.05, 0.1) is 0 Å². The van der Waals surface area contributed by atoms with Gasteiger partial charge in [-0.25, -0.2) is 4.79 Å². The van der Waals surface area contributed by atoms with Gasteiger partial charge in [0.1, 0.15) is 11.9 Å². The SMILES string of the molecule is CC[C@H](C)NC(=O)OC1CCC(c2cc(N)n[nH]2)C1. The monoisotopic (exact) mass is 266 g/mol. The molecular weight excluding hydrogens is 244 g/mol. The Kier molecular flexibility index (Phi) is 4.29. The zero-order valence-electron chi connectivity index (χ0n) is 11.5. The Balaban J connectivity index is 1.80. The number of aromatic amines is 1. The van der Waals surface area contributed by atoms with Crippen molar-refractivity contribution in [3.8, 4) is 0 Å². The van der Waals surface area contributed by atoms with Gasteiger partial charge in [0.2, 0.25) is 0 Å². The zero-order chi connectivity index (χ0) is 13.8. The Morgan fingerprint density at radius 1 is 1.68 bits per heavy atom. The number of anilines is 1. The molecular formula is C13H22N4O2. The predicted octanol–water partition coefficient (Wildman–Crippen LogP) is 2.15. The lowest BCUT2D eigenvalue weighted by molar-refractivity contribution is 0.0974. The summed E-state index contributed by atoms with van der Waals surface area (Å²) in [4.78, 5) is 11.6. The average Bonchev–Trinajstić information content (AvgIpc) is 2.97. The van der Waals surface area contributed by atoms with Gasteiger partial charge < -0.3 is 15.8 Å². The molecule has 1 amide bonds. The summed E-state index contributed by atoms with van der Waals surface area (Å²) < 4.78 is 5.43. The van der Waals surface area contributed by atoms with E-state index in [1.54, 1.807) is 0 Å². The molecule has 4 N–H and O–H groups in total. The van der Waals surface area contributed by atoms with Crippen molar-refractivity contribution in [1.29, 1.82) is 0 Å². The van der Waals surface area contributed by atoms with E-state index in [0.29, 0.717) is 11.7 Å². The highest BCUT2D eigenvalue weighted by Crippen LogP contribution is 2.35. The van der Waals surface area contributed by atoms with Gasteiger partial charge in [-0.15, -0.1) is 0 Å². The van der Waals surface area contributed by atoms with Gasteiger partial charge >= 0.3 is 6.09 Å². The second-order valence-corrected chi connectivity index (χ2v) is 5.24. The summed E-state index contributed by atoms with van der Waals surface area (Å²) in [5.41, 5.74) is 6.63. The van der Waals surface area contributed by atoms with Crippen LogP contribution in [0.3, 0.4) is 0 Å². The van der Waals surface area contributed by atoms with Gasteiger partial charge in [0.15, 0.2) is 0 Å². The lowest BCUT2D eigenvalue weighted by atomic mass is 10.0. The van der Waals surface area contributed by atoms with Crippen molar-refractivity contribution in [3.63, 3.8) is 0 Å². The molecule has 1 aliphatic carbocycles. The fraction of sp³-hybridized carbons (Fsp3) is 0.692. The fourth-order valence-electron chi connectivity index (χ4n) is 2.38. The van der Waals surface area contributed by atoms with Crippen LogP contribution in [-0.4, -0.2) is 28.4 Å². The molecule has 3 atom stereocenters. The molecule has 1 fully saturated rings. The number of nitrogens with two attached hydrogens (primary N) is 1. The Labute approximate surface area is 113 Å². The number of carbonyl (C=O) groups excluding carboxylic acids is 1. The first-order valence-electron chi connectivity index (χ1n) is 6.86. The molecule has 0 radical (unpaired) electrons. The van der Waals surface area contributed by atoms with E-state index in [9.17, 15) is 4.79 Å². The summed E-state index contributed by atoms with van der Waals surface area (Å²) >= 11 is 0. The number of ether oxygens (including phenoxy) is 1. The minimum Gasteiger partial charge on any atom is -0.446 e. The number of rotatable bonds is 4. The summed E-state index contributed by atoms with van der Waals surface area (Å²) in [7, 11) is 0. The molecule has 6 nitrogen and oxygen atoms in total. The predicted molar refractivity (Wildman–Crippen MR) is 72.7 cm³/mol. The number of nitrogens with zero attached hydrogens (tertiary/aromatic N) is 1. The lowest BCUT2D eigenvalue weighted by Crippen LogP contribution is -2.34. The standard InChI is InChI=1S/C13H22N4O2/c1-3-8(2)15-13(18)19-10-5-4-9(6-10)11-7-12(14)17-16-11/h7-10H,3-6H2,1-2H3,(H,15,18)(H3,14,16,17)/t8-,9?,10?/m0/s1. The van der Waals surface area contributed by atoms with Crippen molar-refractivity contribution in [3.05, 3.63) is 11.8 Å². The van der Waals surface area contributed by atoms with E-state index in [1.165, 1.54) is 0 Å². The first kappa shape index (κ1) is 13.7. The number of aromatic nitrogens is 2. The van der Waals surface area contributed by atoms with Crippen LogP contribution in [0.25, 0.3) is 0 Å². The van der Waals surface area contributed by atoms with Crippen LogP contribution >= 0.6 is 0 Å². The molecule has 2 rings (SSSR count). The maximum Gasteiger partial charge on any atom is 0.407 e. The molecule has 6 heteroatoms. The van der Waals surface area contributed by atoms with Crippen molar-refractivity contribution in [2.45, 2.75) is 57.6 Å². The molecule has 106 valence electrons. The summed E-state index contributed by atoms with van der Waals surface area (Å²) in [5, 5.41) is 9.68. The largest absolute Gasteiger partial charge is 0.446 e. The minimum absolute atomic E-state index is 0.0152. The quantitative estimate of drug-likeness (QED) is 0.778. The number of hydrogen-bond acceptors (Lipinski definition) is 4. The fourth-order valence-corrected chi connectivity index (χ4v) is 2.38. The van der Waals surface area contributed by atoms with Gasteiger partial charge in [-0.05, 0) is 32.6 Å². The second-order valence-electron chi connectivity index (χ2n) is 5.24. The highest BCUT2D eigenvalue weighted by molar-refractivity contribution is 5.67. The van der Waals surface area contributed by atoms with Gasteiger partial charge in [0.25, 0.3) is 0 Å². The molecule has 1 saturated carbocycles. The van der Waals surface area contributed by atoms with Gasteiger partial charge in [-0.1, -0.05) is 6.92 Å². The number of hydrogen-bond donors (Lipinski definition) is 3. The third-order valence-electron chi connectivity index (χ3n) is 3.69. The van der Waals surface area contributed by atoms with E-state index in [4.69, 9.17) is 10.5 Å². The molecule has 1 heterocycles. The van der Waals surface area contributed by atoms with E-state index >= 15 is 0 Å². The van der Waals surface area contributed by atoms with E-state index in [0.717, 1.165) is 31.4 Å². The molecule has 0 aliphatic heterocycles. The van der Waals surface area contributed by atoms with Crippen molar-refractivity contribution in [1.82, 2.24) is 15.5 Å². The molecule has 1 aromatic rings. The number of nitrogens with one attached hydrogen (secondary N) is 2. The van der Waals surface area contributed by atoms with E-state index < -0.39 is 0 Å². The molecule has 1 aromatic heterocycles. The smallest absolute Gasteiger partial charge is 0.407 e. The average molecular weight is 266 g/mol. The van der Waals surface area contributed by atoms with Crippen LogP contribution in [0.5, 0.6) is 0 Å². The summed E-state index contributed by atoms with van der Waals surface area (Å²) in [5.74, 6) is 0.861. The van der Waals surface area contributed by atoms with Crippen molar-refractivity contribution < 1.29 is 9.53 Å². The summed E-state index contributed by atoms with van der Waals surface area (Å²) in [6, 6.07) is 2.00. The van der Waals surface area contributed by atoms with E-state index in [1.807, 2.05) is 19.9 Å². The van der Waals surface area contributed by atoms with Crippen LogP contribution in [0.1, 0.15) is 51.1 Å². The van der Waals surface area contributed by atoms with E-state index in [-0.39, 0.29) is 18.2 Å². The van der Waals surface area contributed by atoms with Gasteiger partial charge in [0, 0.05) is 23.7 Å². The molecule has 0 spiro atoms. The van der Waals surface area contributed by atoms with Crippen molar-refractivity contribution in [2.75, 3.05) is 5.73 Å². The first-order chi connectivity index (χ1) is 9.08. The molecule has 2 unspecified atom stereocenters. The third-order valence-corrected chi connectivity index (χ3v) is 3.69. The number of nitrogen functional groups attached to an aromatic ring is 1. The summed E-state index contributed by atoms with van der Waals surface area (Å²) in [6.45, 7) is 3.99.